The van der Waals surface area contributed by atoms with E-state index >= 15 is 0 Å². The van der Waals surface area contributed by atoms with Gasteiger partial charge in [-0.15, -0.1) is 0 Å². The number of benzene rings is 2. The molecule has 0 aliphatic rings. The molecular formula is C18H22N4S. The summed E-state index contributed by atoms with van der Waals surface area (Å²) in [5.41, 5.74) is 3.38. The van der Waals surface area contributed by atoms with Crippen LogP contribution in [0.3, 0.4) is 0 Å². The number of hydrogen-bond donors (Lipinski definition) is 1. The van der Waals surface area contributed by atoms with E-state index in [2.05, 4.69) is 39.6 Å². The second kappa shape index (κ2) is 8.29. The highest BCUT2D eigenvalue weighted by atomic mass is 32.1. The summed E-state index contributed by atoms with van der Waals surface area (Å²) in [5.74, 6) is 0. The lowest BCUT2D eigenvalue weighted by atomic mass is 10.2. The molecule has 1 N–H and O–H groups in total. The average molecular weight is 326 g/mol. The summed E-state index contributed by atoms with van der Waals surface area (Å²) in [6.45, 7) is 0.692. The van der Waals surface area contributed by atoms with Crippen LogP contribution in [0.15, 0.2) is 59.7 Å². The van der Waals surface area contributed by atoms with Crippen molar-refractivity contribution in [2.24, 2.45) is 5.10 Å². The molecule has 0 aromatic heterocycles. The van der Waals surface area contributed by atoms with Crippen molar-refractivity contribution in [1.29, 1.82) is 0 Å². The molecule has 2 rings (SSSR count). The summed E-state index contributed by atoms with van der Waals surface area (Å²) in [6.07, 6.45) is 1.80. The maximum absolute atomic E-state index is 5.34. The zero-order valence-electron chi connectivity index (χ0n) is 13.7. The average Bonchev–Trinajstić information content (AvgIpc) is 2.58. The molecule has 0 fully saturated rings. The van der Waals surface area contributed by atoms with Gasteiger partial charge in [-0.3, -0.25) is 0 Å². The highest BCUT2D eigenvalue weighted by Crippen LogP contribution is 2.11. The highest BCUT2D eigenvalue weighted by molar-refractivity contribution is 7.80. The molecule has 23 heavy (non-hydrogen) atoms. The van der Waals surface area contributed by atoms with Crippen LogP contribution in [0.5, 0.6) is 0 Å². The largest absolute Gasteiger partial charge is 0.378 e. The van der Waals surface area contributed by atoms with Crippen LogP contribution in [0.4, 0.5) is 5.69 Å². The van der Waals surface area contributed by atoms with Crippen molar-refractivity contribution < 1.29 is 0 Å². The van der Waals surface area contributed by atoms with Gasteiger partial charge in [0.25, 0.3) is 0 Å². The summed E-state index contributed by atoms with van der Waals surface area (Å²) in [4.78, 5) is 2.07. The molecule has 5 heteroatoms. The maximum atomic E-state index is 5.34. The molecular weight excluding hydrogens is 304 g/mol. The van der Waals surface area contributed by atoms with E-state index in [9.17, 15) is 0 Å². The van der Waals surface area contributed by atoms with E-state index in [1.165, 1.54) is 5.56 Å². The number of rotatable bonds is 5. The van der Waals surface area contributed by atoms with Gasteiger partial charge in [-0.05, 0) is 35.5 Å². The van der Waals surface area contributed by atoms with Gasteiger partial charge in [0.2, 0.25) is 0 Å². The van der Waals surface area contributed by atoms with Gasteiger partial charge in [-0.2, -0.15) is 5.10 Å². The monoisotopic (exact) mass is 326 g/mol. The van der Waals surface area contributed by atoms with Crippen molar-refractivity contribution in [3.63, 3.8) is 0 Å². The first-order valence-electron chi connectivity index (χ1n) is 7.43. The predicted octanol–water partition coefficient (Wildman–Crippen LogP) is 3.09. The Labute approximate surface area is 143 Å². The Hall–Kier alpha value is -2.40. The van der Waals surface area contributed by atoms with Crippen LogP contribution in [0, 0.1) is 0 Å². The van der Waals surface area contributed by atoms with E-state index in [-0.39, 0.29) is 0 Å². The smallest absolute Gasteiger partial charge is 0.189 e. The zero-order chi connectivity index (χ0) is 16.7. The van der Waals surface area contributed by atoms with Gasteiger partial charge in [0.05, 0.1) is 6.21 Å². The minimum absolute atomic E-state index is 0.593. The highest BCUT2D eigenvalue weighted by Gasteiger charge is 2.01. The van der Waals surface area contributed by atoms with Crippen LogP contribution in [-0.4, -0.2) is 37.5 Å². The molecule has 4 nitrogen and oxygen atoms in total. The maximum Gasteiger partial charge on any atom is 0.189 e. The molecule has 0 atom stereocenters. The van der Waals surface area contributed by atoms with Crippen LogP contribution < -0.4 is 10.2 Å². The fourth-order valence-electron chi connectivity index (χ4n) is 1.95. The summed E-state index contributed by atoms with van der Waals surface area (Å²) in [5, 5.41) is 9.83. The zero-order valence-corrected chi connectivity index (χ0v) is 14.5. The Kier molecular flexibility index (Phi) is 6.11. The van der Waals surface area contributed by atoms with Crippen LogP contribution in [0.2, 0.25) is 0 Å². The third-order valence-electron chi connectivity index (χ3n) is 3.37. The number of thiocarbonyl (C=S) groups is 1. The van der Waals surface area contributed by atoms with E-state index in [0.29, 0.717) is 11.7 Å². The molecule has 0 amide bonds. The normalized spacial score (nSPS) is 10.6. The van der Waals surface area contributed by atoms with Crippen LogP contribution in [0.25, 0.3) is 0 Å². The summed E-state index contributed by atoms with van der Waals surface area (Å²) in [7, 11) is 5.88. The first-order chi connectivity index (χ1) is 11.1. The quantitative estimate of drug-likeness (QED) is 0.520. The number of hydrazone groups is 1. The molecule has 0 aliphatic heterocycles. The number of anilines is 1. The third-order valence-corrected chi connectivity index (χ3v) is 3.78. The van der Waals surface area contributed by atoms with E-state index in [0.717, 1.165) is 11.3 Å². The van der Waals surface area contributed by atoms with E-state index in [4.69, 9.17) is 12.2 Å². The minimum atomic E-state index is 0.593. The molecule has 0 radical (unpaired) electrons. The van der Waals surface area contributed by atoms with Crippen molar-refractivity contribution >= 4 is 29.2 Å². The number of nitrogens with zero attached hydrogens (tertiary/aromatic N) is 3. The van der Waals surface area contributed by atoms with Gasteiger partial charge in [0.1, 0.15) is 0 Å². The lowest BCUT2D eigenvalue weighted by molar-refractivity contribution is 0.532. The van der Waals surface area contributed by atoms with Gasteiger partial charge >= 0.3 is 0 Å². The molecule has 0 unspecified atom stereocenters. The molecule has 0 heterocycles. The Bertz CT molecular complexity index is 650. The Morgan fingerprint density at radius 3 is 2.30 bits per heavy atom. The van der Waals surface area contributed by atoms with Gasteiger partial charge in [0.15, 0.2) is 5.11 Å². The Morgan fingerprint density at radius 2 is 1.70 bits per heavy atom. The number of nitrogens with one attached hydrogen (secondary N) is 1. The molecule has 2 aromatic carbocycles. The lowest BCUT2D eigenvalue weighted by Crippen LogP contribution is -2.33. The first kappa shape index (κ1) is 17.0. The van der Waals surface area contributed by atoms with E-state index in [1.807, 2.05) is 51.5 Å². The van der Waals surface area contributed by atoms with Crippen molar-refractivity contribution in [3.8, 4) is 0 Å². The van der Waals surface area contributed by atoms with Crippen molar-refractivity contribution in [1.82, 2.24) is 10.3 Å². The first-order valence-corrected chi connectivity index (χ1v) is 7.84. The van der Waals surface area contributed by atoms with Gasteiger partial charge in [-0.1, -0.05) is 42.5 Å². The van der Waals surface area contributed by atoms with Crippen LogP contribution in [0.1, 0.15) is 11.1 Å². The van der Waals surface area contributed by atoms with Gasteiger partial charge < -0.3 is 10.2 Å². The summed E-state index contributed by atoms with van der Waals surface area (Å²) < 4.78 is 0. The van der Waals surface area contributed by atoms with Crippen molar-refractivity contribution in [3.05, 3.63) is 65.7 Å². The Balaban J connectivity index is 1.87. The van der Waals surface area contributed by atoms with E-state index in [1.54, 1.807) is 11.2 Å². The molecule has 120 valence electrons. The molecule has 0 saturated carbocycles. The van der Waals surface area contributed by atoms with Crippen molar-refractivity contribution in [2.75, 3.05) is 26.0 Å². The standard InChI is InChI=1S/C18H22N4S/c1-21(2)17-11-9-16(10-12-17)14-20-22(3)18(23)19-13-15-7-5-4-6-8-15/h4-12,14H,13H2,1-3H3,(H,19,23)/b20-14-. The summed E-state index contributed by atoms with van der Waals surface area (Å²) in [6, 6.07) is 18.3. The van der Waals surface area contributed by atoms with Crippen LogP contribution in [-0.2, 0) is 6.54 Å². The Morgan fingerprint density at radius 1 is 1.04 bits per heavy atom. The van der Waals surface area contributed by atoms with E-state index < -0.39 is 0 Å². The SMILES string of the molecule is CN(/N=C\c1ccc(N(C)C)cc1)C(=S)NCc1ccccc1. The second-order valence-electron chi connectivity index (χ2n) is 5.40. The minimum Gasteiger partial charge on any atom is -0.378 e. The predicted molar refractivity (Wildman–Crippen MR) is 102 cm³/mol. The van der Waals surface area contributed by atoms with Crippen LogP contribution >= 0.6 is 12.2 Å². The summed E-state index contributed by atoms with van der Waals surface area (Å²) >= 11 is 5.34. The topological polar surface area (TPSA) is 30.9 Å². The molecule has 0 bridgehead atoms. The molecule has 2 aromatic rings. The van der Waals surface area contributed by atoms with Gasteiger partial charge in [-0.25, -0.2) is 5.01 Å². The third kappa shape index (κ3) is 5.38. The molecule has 0 aliphatic carbocycles. The lowest BCUT2D eigenvalue weighted by Gasteiger charge is -2.16. The molecule has 0 spiro atoms. The van der Waals surface area contributed by atoms with Crippen molar-refractivity contribution in [2.45, 2.75) is 6.54 Å². The fourth-order valence-corrected chi connectivity index (χ4v) is 2.07. The second-order valence-corrected chi connectivity index (χ2v) is 5.79. The van der Waals surface area contributed by atoms with Gasteiger partial charge in [0, 0.05) is 33.4 Å². The fraction of sp³-hybridized carbons (Fsp3) is 0.222. The molecule has 0 saturated heterocycles. The number of hydrogen-bond acceptors (Lipinski definition) is 3.